The lowest BCUT2D eigenvalue weighted by Gasteiger charge is -2.35. The summed E-state index contributed by atoms with van der Waals surface area (Å²) >= 11 is 0. The van der Waals surface area contributed by atoms with Crippen LogP contribution in [-0.4, -0.2) is 23.0 Å². The second-order valence-electron chi connectivity index (χ2n) is 4.63. The summed E-state index contributed by atoms with van der Waals surface area (Å²) in [5.74, 6) is 0. The zero-order chi connectivity index (χ0) is 13.4. The number of ether oxygens (including phenoxy) is 1. The molecule has 0 aromatic heterocycles. The molecule has 1 aliphatic rings. The third-order valence-corrected chi connectivity index (χ3v) is 3.23. The molecule has 6 heteroatoms. The summed E-state index contributed by atoms with van der Waals surface area (Å²) in [6.45, 7) is 2.07. The normalized spacial score (nSPS) is 17.8. The van der Waals surface area contributed by atoms with Gasteiger partial charge in [-0.25, -0.2) is 9.68 Å². The van der Waals surface area contributed by atoms with Gasteiger partial charge in [-0.2, -0.15) is 9.68 Å². The van der Waals surface area contributed by atoms with Crippen molar-refractivity contribution in [2.75, 3.05) is 0 Å². The summed E-state index contributed by atoms with van der Waals surface area (Å²) in [4.78, 5) is 29.2. The highest BCUT2D eigenvalue weighted by atomic mass is 17.3. The fourth-order valence-corrected chi connectivity index (χ4v) is 2.36. The smallest absolute Gasteiger partial charge is 0.447 e. The summed E-state index contributed by atoms with van der Waals surface area (Å²) in [5, 5.41) is 8.22. The Hall–Kier alpha value is -1.46. The van der Waals surface area contributed by atoms with E-state index in [0.29, 0.717) is 0 Å². The zero-order valence-electron chi connectivity index (χ0n) is 10.6. The number of carboxylic acid groups (broad SMARTS) is 1. The fourth-order valence-electron chi connectivity index (χ4n) is 2.36. The molecule has 1 saturated carbocycles. The molecule has 6 nitrogen and oxygen atoms in total. The van der Waals surface area contributed by atoms with Crippen LogP contribution in [0.5, 0.6) is 0 Å². The molecule has 0 aromatic rings. The molecule has 0 atom stereocenters. The lowest BCUT2D eigenvalue weighted by molar-refractivity contribution is -0.226. The minimum atomic E-state index is -1.67. The summed E-state index contributed by atoms with van der Waals surface area (Å²) in [6.07, 6.45) is 4.79. The number of rotatable bonds is 4. The van der Waals surface area contributed by atoms with Gasteiger partial charge in [0.05, 0.1) is 0 Å². The Labute approximate surface area is 106 Å². The van der Waals surface area contributed by atoms with Crippen LogP contribution in [0.1, 0.15) is 58.3 Å². The third-order valence-electron chi connectivity index (χ3n) is 3.23. The number of unbranched alkanes of at least 4 members (excludes halogenated alkanes) is 1. The number of hydrogen-bond donors (Lipinski definition) is 1. The van der Waals surface area contributed by atoms with Crippen molar-refractivity contribution in [1.29, 1.82) is 0 Å². The molecule has 0 heterocycles. The van der Waals surface area contributed by atoms with Gasteiger partial charge in [-0.3, -0.25) is 0 Å². The molecule has 0 unspecified atom stereocenters. The van der Waals surface area contributed by atoms with E-state index in [1.165, 1.54) is 0 Å². The fraction of sp³-hybridized carbons (Fsp3) is 0.833. The van der Waals surface area contributed by atoms with Gasteiger partial charge in [-0.15, -0.1) is 0 Å². The SMILES string of the molecule is CCCCC1(OC(=O)OOC(=O)O)CCCCC1. The van der Waals surface area contributed by atoms with Crippen LogP contribution in [0.4, 0.5) is 9.59 Å². The largest absolute Gasteiger partial charge is 0.550 e. The van der Waals surface area contributed by atoms with E-state index in [0.717, 1.165) is 51.4 Å². The summed E-state index contributed by atoms with van der Waals surface area (Å²) in [7, 11) is 0. The predicted octanol–water partition coefficient (Wildman–Crippen LogP) is 3.64. The molecule has 1 N–H and O–H groups in total. The van der Waals surface area contributed by atoms with Crippen LogP contribution in [0.3, 0.4) is 0 Å². The molecule has 0 radical (unpaired) electrons. The van der Waals surface area contributed by atoms with E-state index < -0.39 is 17.9 Å². The van der Waals surface area contributed by atoms with Gasteiger partial charge >= 0.3 is 12.3 Å². The molecule has 0 spiro atoms. The van der Waals surface area contributed by atoms with Crippen molar-refractivity contribution in [3.63, 3.8) is 0 Å². The molecular weight excluding hydrogens is 240 g/mol. The van der Waals surface area contributed by atoms with E-state index in [1.807, 2.05) is 0 Å². The predicted molar refractivity (Wildman–Crippen MR) is 62.0 cm³/mol. The van der Waals surface area contributed by atoms with E-state index in [9.17, 15) is 9.59 Å². The second-order valence-corrected chi connectivity index (χ2v) is 4.63. The van der Waals surface area contributed by atoms with Crippen molar-refractivity contribution in [3.05, 3.63) is 0 Å². The molecule has 0 bridgehead atoms. The third kappa shape index (κ3) is 4.81. The van der Waals surface area contributed by atoms with Crippen LogP contribution in [-0.2, 0) is 14.5 Å². The molecule has 0 aliphatic heterocycles. The first-order valence-corrected chi connectivity index (χ1v) is 6.38. The first-order chi connectivity index (χ1) is 8.58. The van der Waals surface area contributed by atoms with Crippen molar-refractivity contribution < 1.29 is 29.2 Å². The Morgan fingerprint density at radius 2 is 1.83 bits per heavy atom. The van der Waals surface area contributed by atoms with E-state index in [2.05, 4.69) is 16.7 Å². The first-order valence-electron chi connectivity index (χ1n) is 6.38. The van der Waals surface area contributed by atoms with Crippen LogP contribution < -0.4 is 0 Å². The molecular formula is C12H20O6. The van der Waals surface area contributed by atoms with Crippen LogP contribution in [0, 0.1) is 0 Å². The molecule has 1 rings (SSSR count). The number of hydrogen-bond acceptors (Lipinski definition) is 5. The van der Waals surface area contributed by atoms with E-state index >= 15 is 0 Å². The van der Waals surface area contributed by atoms with Gasteiger partial charge in [-0.05, 0) is 38.5 Å². The van der Waals surface area contributed by atoms with Gasteiger partial charge in [0.2, 0.25) is 0 Å². The highest BCUT2D eigenvalue weighted by Crippen LogP contribution is 2.36. The van der Waals surface area contributed by atoms with Crippen LogP contribution in [0.15, 0.2) is 0 Å². The Balaban J connectivity index is 2.49. The lowest BCUT2D eigenvalue weighted by atomic mass is 9.81. The van der Waals surface area contributed by atoms with Gasteiger partial charge < -0.3 is 9.84 Å². The quantitative estimate of drug-likeness (QED) is 0.472. The number of carbonyl (C=O) groups excluding carboxylic acids is 1. The Morgan fingerprint density at radius 3 is 2.39 bits per heavy atom. The minimum absolute atomic E-state index is 0.507. The summed E-state index contributed by atoms with van der Waals surface area (Å²) in [6, 6.07) is 0. The molecule has 0 saturated heterocycles. The molecule has 18 heavy (non-hydrogen) atoms. The molecule has 104 valence electrons. The van der Waals surface area contributed by atoms with Crippen LogP contribution >= 0.6 is 0 Å². The average molecular weight is 260 g/mol. The van der Waals surface area contributed by atoms with E-state index in [-0.39, 0.29) is 0 Å². The minimum Gasteiger partial charge on any atom is -0.447 e. The monoisotopic (exact) mass is 260 g/mol. The molecule has 0 amide bonds. The average Bonchev–Trinajstić information content (AvgIpc) is 2.35. The van der Waals surface area contributed by atoms with Crippen molar-refractivity contribution in [1.82, 2.24) is 0 Å². The van der Waals surface area contributed by atoms with Crippen molar-refractivity contribution >= 4 is 12.3 Å². The Bertz CT molecular complexity index is 282. The summed E-state index contributed by atoms with van der Waals surface area (Å²) < 4.78 is 5.28. The van der Waals surface area contributed by atoms with Crippen molar-refractivity contribution in [3.8, 4) is 0 Å². The first kappa shape index (κ1) is 14.6. The van der Waals surface area contributed by atoms with E-state index in [4.69, 9.17) is 9.84 Å². The molecule has 0 aromatic carbocycles. The van der Waals surface area contributed by atoms with Gasteiger partial charge in [-0.1, -0.05) is 19.8 Å². The highest BCUT2D eigenvalue weighted by molar-refractivity contribution is 5.62. The van der Waals surface area contributed by atoms with Crippen molar-refractivity contribution in [2.45, 2.75) is 63.9 Å². The van der Waals surface area contributed by atoms with Gasteiger partial charge in [0.1, 0.15) is 5.60 Å². The Kier molecular flexibility index (Phi) is 5.74. The number of carbonyl (C=O) groups is 2. The van der Waals surface area contributed by atoms with Gasteiger partial charge in [0.15, 0.2) is 0 Å². The molecule has 1 fully saturated rings. The van der Waals surface area contributed by atoms with E-state index in [1.54, 1.807) is 0 Å². The highest BCUT2D eigenvalue weighted by Gasteiger charge is 2.36. The van der Waals surface area contributed by atoms with Gasteiger partial charge in [0, 0.05) is 0 Å². The van der Waals surface area contributed by atoms with Crippen molar-refractivity contribution in [2.24, 2.45) is 0 Å². The standard InChI is InChI=1S/C12H20O6/c1-2-3-7-12(8-5-4-6-9-12)16-11(15)18-17-10(13)14/h2-9H2,1H3,(H,13,14). The maximum atomic E-state index is 11.4. The zero-order valence-corrected chi connectivity index (χ0v) is 10.6. The Morgan fingerprint density at radius 1 is 1.17 bits per heavy atom. The van der Waals surface area contributed by atoms with Crippen LogP contribution in [0.2, 0.25) is 0 Å². The second kappa shape index (κ2) is 7.08. The summed E-state index contributed by atoms with van der Waals surface area (Å²) in [5.41, 5.74) is -0.507. The maximum Gasteiger partial charge on any atom is 0.550 e. The lowest BCUT2D eigenvalue weighted by Crippen LogP contribution is -2.37. The maximum absolute atomic E-state index is 11.4. The van der Waals surface area contributed by atoms with Crippen LogP contribution in [0.25, 0.3) is 0 Å². The van der Waals surface area contributed by atoms with Gasteiger partial charge in [0.25, 0.3) is 0 Å². The topological polar surface area (TPSA) is 82.1 Å². The molecule has 1 aliphatic carbocycles.